The highest BCUT2D eigenvalue weighted by molar-refractivity contribution is 5.93. The lowest BCUT2D eigenvalue weighted by Gasteiger charge is -2.19. The van der Waals surface area contributed by atoms with Gasteiger partial charge in [-0.1, -0.05) is 51.1 Å². The Balaban J connectivity index is 0.00000312. The molecule has 0 aliphatic rings. The van der Waals surface area contributed by atoms with E-state index in [1.54, 1.807) is 0 Å². The number of halogens is 1. The van der Waals surface area contributed by atoms with Crippen molar-refractivity contribution in [3.8, 4) is 23.0 Å². The molecule has 0 spiro atoms. The number of aromatic amines is 1. The van der Waals surface area contributed by atoms with Gasteiger partial charge in [-0.3, -0.25) is 8.97 Å². The first kappa shape index (κ1) is 27.7. The highest BCUT2D eigenvalue weighted by atomic mass is 35.5. The molecule has 4 heterocycles. The van der Waals surface area contributed by atoms with E-state index < -0.39 is 0 Å². The lowest BCUT2D eigenvalue weighted by atomic mass is 9.88. The molecule has 0 radical (unpaired) electrons. The lowest BCUT2D eigenvalue weighted by molar-refractivity contribution is -0.345. The molecule has 7 nitrogen and oxygen atoms in total. The number of aryl methyl sites for hydroxylation is 1. The number of aromatic nitrogens is 6. The first-order valence-electron chi connectivity index (χ1n) is 14.5. The van der Waals surface area contributed by atoms with Crippen molar-refractivity contribution in [2.45, 2.75) is 33.1 Å². The van der Waals surface area contributed by atoms with Crippen LogP contribution in [0.1, 0.15) is 31.9 Å². The normalized spacial score (nSPS) is 11.9. The van der Waals surface area contributed by atoms with Gasteiger partial charge in [0.1, 0.15) is 23.0 Å². The van der Waals surface area contributed by atoms with Crippen LogP contribution in [0, 0.1) is 6.92 Å². The number of hydrogen-bond donors (Lipinski definition) is 0. The summed E-state index contributed by atoms with van der Waals surface area (Å²) >= 11 is 0. The lowest BCUT2D eigenvalue weighted by Crippen LogP contribution is -3.00. The van der Waals surface area contributed by atoms with Crippen LogP contribution in [0.3, 0.4) is 0 Å². The van der Waals surface area contributed by atoms with Gasteiger partial charge in [0.25, 0.3) is 0 Å². The van der Waals surface area contributed by atoms with Crippen molar-refractivity contribution in [2.24, 2.45) is 0 Å². The Labute approximate surface area is 260 Å². The molecule has 8 heteroatoms. The summed E-state index contributed by atoms with van der Waals surface area (Å²) in [6, 6.07) is 33.2. The van der Waals surface area contributed by atoms with Gasteiger partial charge in [-0.25, -0.2) is 15.0 Å². The molecule has 44 heavy (non-hydrogen) atoms. The van der Waals surface area contributed by atoms with Crippen LogP contribution < -0.4 is 22.1 Å². The van der Waals surface area contributed by atoms with Crippen LogP contribution >= 0.6 is 0 Å². The van der Waals surface area contributed by atoms with Gasteiger partial charge >= 0.3 is 0 Å². The zero-order valence-corrected chi connectivity index (χ0v) is 25.7. The minimum atomic E-state index is -0.0181. The van der Waals surface area contributed by atoms with Gasteiger partial charge in [0.05, 0.1) is 22.1 Å². The number of hydrogen-bond acceptors (Lipinski definition) is 3. The van der Waals surface area contributed by atoms with Crippen LogP contribution in [0.4, 0.5) is 0 Å². The Hall–Kier alpha value is -5.14. The highest BCUT2D eigenvalue weighted by Gasteiger charge is 2.21. The van der Waals surface area contributed by atoms with E-state index in [-0.39, 0.29) is 17.8 Å². The Bertz CT molecular complexity index is 2340. The molecule has 4 aromatic carbocycles. The van der Waals surface area contributed by atoms with Crippen molar-refractivity contribution >= 4 is 38.9 Å². The van der Waals surface area contributed by atoms with Crippen molar-refractivity contribution in [3.05, 3.63) is 121 Å². The average Bonchev–Trinajstić information content (AvgIpc) is 3.69. The van der Waals surface area contributed by atoms with Crippen LogP contribution in [-0.2, 0) is 5.41 Å². The maximum absolute atomic E-state index is 6.50. The number of rotatable bonds is 4. The predicted octanol–water partition coefficient (Wildman–Crippen LogP) is 4.99. The smallest absolute Gasteiger partial charge is 0.247 e. The third-order valence-electron chi connectivity index (χ3n) is 8.18. The average molecular weight is 599 g/mol. The zero-order valence-electron chi connectivity index (χ0n) is 24.9. The molecule has 0 aliphatic carbocycles. The largest absolute Gasteiger partial charge is 1.00 e. The number of benzene rings is 4. The molecule has 0 unspecified atom stereocenters. The standard InChI is InChI=1S/C36H30N6O.ClH/c1-23-9-7-14-31-34(23)39-35-41(31)30-16-15-27(21-32(30)42(35)33-19-24(17-18-37-33)36(2,3)4)43-26-11-8-10-25(20-26)40-22-38-28-12-5-6-13-29(28)40;/h5-22H,1-4H3;1H. The summed E-state index contributed by atoms with van der Waals surface area (Å²) in [4.78, 5) is 13.3. The summed E-state index contributed by atoms with van der Waals surface area (Å²) in [6.45, 7) is 8.76. The van der Waals surface area contributed by atoms with Gasteiger partial charge in [0.15, 0.2) is 11.0 Å². The number of nitrogens with one attached hydrogen (secondary N) is 1. The van der Waals surface area contributed by atoms with Crippen LogP contribution in [0.25, 0.3) is 50.4 Å². The van der Waals surface area contributed by atoms with Gasteiger partial charge in [0, 0.05) is 18.3 Å². The summed E-state index contributed by atoms with van der Waals surface area (Å²) in [7, 11) is 0. The van der Waals surface area contributed by atoms with E-state index in [0.717, 1.165) is 67.4 Å². The van der Waals surface area contributed by atoms with E-state index in [4.69, 9.17) is 14.7 Å². The molecule has 0 atom stereocenters. The van der Waals surface area contributed by atoms with E-state index in [0.29, 0.717) is 0 Å². The fourth-order valence-electron chi connectivity index (χ4n) is 5.95. The van der Waals surface area contributed by atoms with Gasteiger partial charge in [-0.05, 0) is 78.1 Å². The summed E-state index contributed by atoms with van der Waals surface area (Å²) < 4.78 is 13.0. The van der Waals surface area contributed by atoms with Crippen molar-refractivity contribution in [2.75, 3.05) is 0 Å². The minimum absolute atomic E-state index is 0. The van der Waals surface area contributed by atoms with E-state index in [1.807, 2.05) is 42.9 Å². The summed E-state index contributed by atoms with van der Waals surface area (Å²) in [5.41, 5.74) is 9.62. The van der Waals surface area contributed by atoms with E-state index >= 15 is 0 Å². The number of imidazole rings is 3. The van der Waals surface area contributed by atoms with Crippen LogP contribution in [0.15, 0.2) is 110 Å². The maximum atomic E-state index is 6.50. The number of fused-ring (bicyclic) bond motifs is 6. The second-order valence-corrected chi connectivity index (χ2v) is 12.1. The van der Waals surface area contributed by atoms with Crippen LogP contribution in [0.5, 0.6) is 11.5 Å². The molecular weight excluding hydrogens is 568 g/mol. The van der Waals surface area contributed by atoms with Crippen molar-refractivity contribution < 1.29 is 22.1 Å². The monoisotopic (exact) mass is 598 g/mol. The first-order chi connectivity index (χ1) is 20.8. The second-order valence-electron chi connectivity index (χ2n) is 12.1. The van der Waals surface area contributed by atoms with Gasteiger partial charge < -0.3 is 17.1 Å². The topological polar surface area (TPSA) is 63.4 Å². The molecule has 1 N–H and O–H groups in total. The molecule has 0 aliphatic heterocycles. The second kappa shape index (κ2) is 10.2. The predicted molar refractivity (Wildman–Crippen MR) is 171 cm³/mol. The Morgan fingerprint density at radius 3 is 2.41 bits per heavy atom. The highest BCUT2D eigenvalue weighted by Crippen LogP contribution is 2.34. The molecule has 8 aromatic rings. The summed E-state index contributed by atoms with van der Waals surface area (Å²) in [5.74, 6) is 3.15. The Kier molecular flexibility index (Phi) is 6.44. The minimum Gasteiger partial charge on any atom is -1.00 e. The molecule has 0 fully saturated rings. The number of ether oxygens (including phenoxy) is 1. The van der Waals surface area contributed by atoms with Crippen LogP contribution in [-0.4, -0.2) is 23.5 Å². The van der Waals surface area contributed by atoms with Crippen molar-refractivity contribution in [1.29, 1.82) is 0 Å². The number of nitrogens with zero attached hydrogens (tertiary/aromatic N) is 5. The van der Waals surface area contributed by atoms with E-state index in [2.05, 4.69) is 113 Å². The number of para-hydroxylation sites is 3. The zero-order chi connectivity index (χ0) is 29.3. The van der Waals surface area contributed by atoms with Crippen LogP contribution in [0.2, 0.25) is 0 Å². The van der Waals surface area contributed by atoms with Gasteiger partial charge in [-0.2, -0.15) is 4.57 Å². The Morgan fingerprint density at radius 1 is 0.750 bits per heavy atom. The Morgan fingerprint density at radius 2 is 1.55 bits per heavy atom. The summed E-state index contributed by atoms with van der Waals surface area (Å²) in [6.07, 6.45) is 3.86. The molecule has 0 bridgehead atoms. The fraction of sp³-hybridized carbons (Fsp3) is 0.139. The molecule has 0 amide bonds. The maximum Gasteiger partial charge on any atom is 0.247 e. The number of H-pyrrole nitrogens is 1. The first-order valence-corrected chi connectivity index (χ1v) is 14.5. The fourth-order valence-corrected chi connectivity index (χ4v) is 5.95. The number of pyridine rings is 1. The van der Waals surface area contributed by atoms with E-state index in [1.165, 1.54) is 5.56 Å². The third kappa shape index (κ3) is 4.39. The summed E-state index contributed by atoms with van der Waals surface area (Å²) in [5, 5.41) is 0. The van der Waals surface area contributed by atoms with Gasteiger partial charge in [-0.15, -0.1) is 0 Å². The molecule has 4 aromatic heterocycles. The van der Waals surface area contributed by atoms with Gasteiger partial charge in [0.2, 0.25) is 12.1 Å². The molecular formula is C36H31ClN6O. The van der Waals surface area contributed by atoms with E-state index in [9.17, 15) is 0 Å². The quantitative estimate of drug-likeness (QED) is 0.287. The van der Waals surface area contributed by atoms with Crippen molar-refractivity contribution in [1.82, 2.24) is 23.5 Å². The third-order valence-corrected chi connectivity index (χ3v) is 8.18. The molecule has 8 rings (SSSR count). The molecule has 0 saturated carbocycles. The molecule has 218 valence electrons. The van der Waals surface area contributed by atoms with Crippen molar-refractivity contribution in [3.63, 3.8) is 0 Å². The SMILES string of the molecule is Cc1cccc2c1nc1n(-c3cc(C(C)(C)C)ccn3)c3cc(Oc4cccc(-n5c[nH+]c6ccccc65)c4)ccc3n21.[Cl-]. The molecule has 0 saturated heterocycles.